The van der Waals surface area contributed by atoms with Crippen molar-refractivity contribution in [2.75, 3.05) is 5.75 Å². The van der Waals surface area contributed by atoms with Gasteiger partial charge in [0, 0.05) is 11.5 Å². The molecule has 0 atom stereocenters. The van der Waals surface area contributed by atoms with Crippen molar-refractivity contribution >= 4 is 17.5 Å². The lowest BCUT2D eigenvalue weighted by atomic mass is 10.1. The summed E-state index contributed by atoms with van der Waals surface area (Å²) in [7, 11) is 0. The highest BCUT2D eigenvalue weighted by atomic mass is 32.2. The number of carbonyl (C=O) groups excluding carboxylic acids is 1. The Hall–Kier alpha value is -2.02. The predicted molar refractivity (Wildman–Crippen MR) is 71.1 cm³/mol. The maximum atomic E-state index is 11.9. The van der Waals surface area contributed by atoms with Gasteiger partial charge in [-0.15, -0.1) is 10.2 Å². The Morgan fingerprint density at radius 3 is 2.80 bits per heavy atom. The first-order valence-corrected chi connectivity index (χ1v) is 7.13. The van der Waals surface area contributed by atoms with E-state index in [1.54, 1.807) is 0 Å². The fourth-order valence-electron chi connectivity index (χ4n) is 1.68. The molecule has 1 aliphatic rings. The van der Waals surface area contributed by atoms with Crippen LogP contribution in [-0.2, 0) is 0 Å². The SMILES string of the molecule is O=C(CSc1nnc(C2CC2)o1)c1ccc(O)c(O)c1. The van der Waals surface area contributed by atoms with Gasteiger partial charge in [0.2, 0.25) is 5.89 Å². The van der Waals surface area contributed by atoms with Crippen LogP contribution in [0.4, 0.5) is 0 Å². The molecule has 1 aromatic carbocycles. The molecule has 3 rings (SSSR count). The molecule has 7 heteroatoms. The van der Waals surface area contributed by atoms with Gasteiger partial charge in [-0.2, -0.15) is 0 Å². The molecule has 20 heavy (non-hydrogen) atoms. The summed E-state index contributed by atoms with van der Waals surface area (Å²) < 4.78 is 5.44. The smallest absolute Gasteiger partial charge is 0.277 e. The maximum Gasteiger partial charge on any atom is 0.277 e. The molecule has 1 aromatic heterocycles. The van der Waals surface area contributed by atoms with Gasteiger partial charge in [-0.25, -0.2) is 0 Å². The Labute approximate surface area is 118 Å². The lowest BCUT2D eigenvalue weighted by Crippen LogP contribution is -2.01. The van der Waals surface area contributed by atoms with Gasteiger partial charge in [-0.1, -0.05) is 11.8 Å². The third-order valence-corrected chi connectivity index (χ3v) is 3.79. The predicted octanol–water partition coefficient (Wildman–Crippen LogP) is 2.33. The molecular weight excluding hydrogens is 280 g/mol. The molecule has 0 radical (unpaired) electrons. The number of hydrogen-bond acceptors (Lipinski definition) is 7. The fourth-order valence-corrected chi connectivity index (χ4v) is 2.35. The Morgan fingerprint density at radius 1 is 1.30 bits per heavy atom. The summed E-state index contributed by atoms with van der Waals surface area (Å²) in [6.45, 7) is 0. The molecular formula is C13H12N2O4S. The van der Waals surface area contributed by atoms with E-state index in [1.807, 2.05) is 0 Å². The van der Waals surface area contributed by atoms with Gasteiger partial charge in [-0.05, 0) is 31.0 Å². The number of rotatable bonds is 5. The number of hydrogen-bond donors (Lipinski definition) is 2. The molecule has 6 nitrogen and oxygen atoms in total. The van der Waals surface area contributed by atoms with E-state index in [9.17, 15) is 15.0 Å². The van der Waals surface area contributed by atoms with Crippen LogP contribution in [0.1, 0.15) is 35.0 Å². The van der Waals surface area contributed by atoms with Crippen molar-refractivity contribution in [1.82, 2.24) is 10.2 Å². The average Bonchev–Trinajstić information content (AvgIpc) is 3.18. The normalized spacial score (nSPS) is 14.4. The highest BCUT2D eigenvalue weighted by Gasteiger charge is 2.29. The first kappa shape index (κ1) is 13.0. The second kappa shape index (κ2) is 5.16. The number of thioether (sulfide) groups is 1. The maximum absolute atomic E-state index is 11.9. The molecule has 0 saturated heterocycles. The lowest BCUT2D eigenvalue weighted by molar-refractivity contribution is 0.102. The monoisotopic (exact) mass is 292 g/mol. The Morgan fingerprint density at radius 2 is 2.10 bits per heavy atom. The lowest BCUT2D eigenvalue weighted by Gasteiger charge is -2.01. The summed E-state index contributed by atoms with van der Waals surface area (Å²) in [5, 5.41) is 26.7. The van der Waals surface area contributed by atoms with Crippen molar-refractivity contribution in [2.45, 2.75) is 24.0 Å². The summed E-state index contributed by atoms with van der Waals surface area (Å²) in [4.78, 5) is 11.9. The minimum atomic E-state index is -0.311. The average molecular weight is 292 g/mol. The summed E-state index contributed by atoms with van der Waals surface area (Å²) in [5.41, 5.74) is 0.328. The number of phenolic OH excluding ortho intramolecular Hbond substituents is 2. The summed E-state index contributed by atoms with van der Waals surface area (Å²) in [6.07, 6.45) is 2.16. The quantitative estimate of drug-likeness (QED) is 0.496. The Kier molecular flexibility index (Phi) is 3.35. The minimum absolute atomic E-state index is 0.135. The molecule has 2 N–H and O–H groups in total. The van der Waals surface area contributed by atoms with Crippen molar-refractivity contribution in [3.05, 3.63) is 29.7 Å². The molecule has 0 spiro atoms. The van der Waals surface area contributed by atoms with E-state index in [0.29, 0.717) is 22.6 Å². The van der Waals surface area contributed by atoms with Crippen LogP contribution in [-0.4, -0.2) is 31.9 Å². The summed E-state index contributed by atoms with van der Waals surface area (Å²) >= 11 is 1.17. The van der Waals surface area contributed by atoms with Crippen LogP contribution in [0.25, 0.3) is 0 Å². The highest BCUT2D eigenvalue weighted by molar-refractivity contribution is 7.99. The van der Waals surface area contributed by atoms with E-state index in [4.69, 9.17) is 4.42 Å². The molecule has 1 aliphatic carbocycles. The van der Waals surface area contributed by atoms with Crippen LogP contribution in [0.3, 0.4) is 0 Å². The number of aromatic nitrogens is 2. The van der Waals surface area contributed by atoms with Crippen molar-refractivity contribution in [1.29, 1.82) is 0 Å². The van der Waals surface area contributed by atoms with Crippen molar-refractivity contribution in [3.63, 3.8) is 0 Å². The Balaban J connectivity index is 1.61. The largest absolute Gasteiger partial charge is 0.504 e. The molecule has 2 aromatic rings. The molecule has 0 aliphatic heterocycles. The van der Waals surface area contributed by atoms with Crippen LogP contribution in [0, 0.1) is 0 Å². The molecule has 0 unspecified atom stereocenters. The van der Waals surface area contributed by atoms with Gasteiger partial charge in [-0.3, -0.25) is 4.79 Å². The fraction of sp³-hybridized carbons (Fsp3) is 0.308. The van der Waals surface area contributed by atoms with Crippen molar-refractivity contribution in [3.8, 4) is 11.5 Å². The number of ketones is 1. The second-order valence-corrected chi connectivity index (χ2v) is 5.52. The molecule has 0 amide bonds. The number of aromatic hydroxyl groups is 2. The number of phenols is 2. The number of Topliss-reactive ketones (excluding diaryl/α,β-unsaturated/α-hetero) is 1. The van der Waals surface area contributed by atoms with E-state index in [2.05, 4.69) is 10.2 Å². The number of carbonyl (C=O) groups is 1. The van der Waals surface area contributed by atoms with E-state index in [0.717, 1.165) is 12.8 Å². The van der Waals surface area contributed by atoms with Crippen LogP contribution in [0.2, 0.25) is 0 Å². The summed E-state index contributed by atoms with van der Waals surface area (Å²) in [6, 6.07) is 3.98. The van der Waals surface area contributed by atoms with E-state index in [1.165, 1.54) is 30.0 Å². The van der Waals surface area contributed by atoms with Crippen LogP contribution in [0.5, 0.6) is 11.5 Å². The topological polar surface area (TPSA) is 96.5 Å². The zero-order valence-corrected chi connectivity index (χ0v) is 11.3. The zero-order valence-electron chi connectivity index (χ0n) is 10.4. The van der Waals surface area contributed by atoms with Crippen molar-refractivity contribution < 1.29 is 19.4 Å². The summed E-state index contributed by atoms with van der Waals surface area (Å²) in [5.74, 6) is 0.423. The van der Waals surface area contributed by atoms with E-state index in [-0.39, 0.29) is 23.0 Å². The molecule has 1 heterocycles. The second-order valence-electron chi connectivity index (χ2n) is 4.60. The zero-order chi connectivity index (χ0) is 14.1. The van der Waals surface area contributed by atoms with Gasteiger partial charge in [0.25, 0.3) is 5.22 Å². The van der Waals surface area contributed by atoms with Crippen LogP contribution >= 0.6 is 11.8 Å². The van der Waals surface area contributed by atoms with Crippen LogP contribution < -0.4 is 0 Å². The third-order valence-electron chi connectivity index (χ3n) is 2.97. The first-order chi connectivity index (χ1) is 9.63. The molecule has 104 valence electrons. The van der Waals surface area contributed by atoms with Gasteiger partial charge in [0.1, 0.15) is 0 Å². The Bertz CT molecular complexity index is 652. The van der Waals surface area contributed by atoms with Gasteiger partial charge in [0.15, 0.2) is 17.3 Å². The van der Waals surface area contributed by atoms with E-state index < -0.39 is 0 Å². The number of nitrogens with zero attached hydrogens (tertiary/aromatic N) is 2. The number of benzene rings is 1. The first-order valence-electron chi connectivity index (χ1n) is 6.15. The van der Waals surface area contributed by atoms with E-state index >= 15 is 0 Å². The van der Waals surface area contributed by atoms with Gasteiger partial charge in [0.05, 0.1) is 5.75 Å². The molecule has 0 bridgehead atoms. The van der Waals surface area contributed by atoms with Gasteiger partial charge < -0.3 is 14.6 Å². The molecule has 1 saturated carbocycles. The van der Waals surface area contributed by atoms with Gasteiger partial charge >= 0.3 is 0 Å². The van der Waals surface area contributed by atoms with Crippen molar-refractivity contribution in [2.24, 2.45) is 0 Å². The standard InChI is InChI=1S/C13H12N2O4S/c16-9-4-3-8(5-10(9)17)11(18)6-20-13-15-14-12(19-13)7-1-2-7/h3-5,7,16-17H,1-2,6H2. The van der Waals surface area contributed by atoms with Crippen LogP contribution in [0.15, 0.2) is 27.8 Å². The molecule has 1 fully saturated rings. The highest BCUT2D eigenvalue weighted by Crippen LogP contribution is 2.39. The minimum Gasteiger partial charge on any atom is -0.504 e. The third kappa shape index (κ3) is 2.77.